The molecule has 1 N–H and O–H groups in total. The van der Waals surface area contributed by atoms with Crippen LogP contribution in [0.5, 0.6) is 5.75 Å². The average molecular weight is 354 g/mol. The Hall–Kier alpha value is -2.60. The van der Waals surface area contributed by atoms with Gasteiger partial charge in [0.1, 0.15) is 11.6 Å². The van der Waals surface area contributed by atoms with Crippen molar-refractivity contribution in [3.05, 3.63) is 54.2 Å². The first-order valence-corrected chi connectivity index (χ1v) is 9.03. The van der Waals surface area contributed by atoms with Crippen molar-refractivity contribution in [1.82, 2.24) is 15.2 Å². The molecule has 26 heavy (non-hydrogen) atoms. The van der Waals surface area contributed by atoms with Gasteiger partial charge in [-0.15, -0.1) is 0 Å². The zero-order valence-corrected chi connectivity index (χ0v) is 15.2. The molecule has 0 bridgehead atoms. The fourth-order valence-electron chi connectivity index (χ4n) is 3.18. The lowest BCUT2D eigenvalue weighted by molar-refractivity contribution is -0.122. The van der Waals surface area contributed by atoms with Gasteiger partial charge in [0.2, 0.25) is 5.91 Å². The van der Waals surface area contributed by atoms with Crippen LogP contribution in [-0.2, 0) is 11.2 Å². The lowest BCUT2D eigenvalue weighted by Gasteiger charge is -2.34. The molecule has 0 spiro atoms. The van der Waals surface area contributed by atoms with Crippen molar-refractivity contribution in [2.24, 2.45) is 0 Å². The van der Waals surface area contributed by atoms with Crippen LogP contribution < -0.4 is 15.0 Å². The second-order valence-electron chi connectivity index (χ2n) is 6.36. The average Bonchev–Trinajstić information content (AvgIpc) is 2.69. The van der Waals surface area contributed by atoms with Crippen LogP contribution in [-0.4, -0.2) is 62.2 Å². The number of piperazine rings is 1. The highest BCUT2D eigenvalue weighted by Gasteiger charge is 2.19. The summed E-state index contributed by atoms with van der Waals surface area (Å²) in [6.45, 7) is 4.60. The number of aromatic nitrogens is 1. The number of para-hydroxylation sites is 1. The predicted octanol–water partition coefficient (Wildman–Crippen LogP) is 1.57. The van der Waals surface area contributed by atoms with E-state index < -0.39 is 0 Å². The molecule has 0 unspecified atom stereocenters. The molecule has 1 aromatic heterocycles. The number of rotatable bonds is 7. The Balaban J connectivity index is 1.38. The molecule has 1 fully saturated rings. The van der Waals surface area contributed by atoms with Crippen LogP contribution in [0.3, 0.4) is 0 Å². The normalized spacial score (nSPS) is 14.9. The van der Waals surface area contributed by atoms with Crippen molar-refractivity contribution in [3.63, 3.8) is 0 Å². The standard InChI is InChI=1S/C20H26N4O2/c1-26-18-7-3-2-6-17(18)9-11-22-20(25)16-23-12-14-24(15-13-23)19-8-4-5-10-21-19/h2-8,10H,9,11-16H2,1H3,(H,22,25). The largest absolute Gasteiger partial charge is 0.496 e. The number of hydrogen-bond acceptors (Lipinski definition) is 5. The topological polar surface area (TPSA) is 57.7 Å². The Labute approximate surface area is 154 Å². The van der Waals surface area contributed by atoms with Gasteiger partial charge in [0.25, 0.3) is 0 Å². The molecule has 0 aliphatic carbocycles. The van der Waals surface area contributed by atoms with E-state index in [1.165, 1.54) is 0 Å². The number of hydrogen-bond donors (Lipinski definition) is 1. The van der Waals surface area contributed by atoms with Gasteiger partial charge in [-0.05, 0) is 30.2 Å². The molecular weight excluding hydrogens is 328 g/mol. The van der Waals surface area contributed by atoms with Crippen molar-refractivity contribution in [2.75, 3.05) is 51.3 Å². The quantitative estimate of drug-likeness (QED) is 0.818. The summed E-state index contributed by atoms with van der Waals surface area (Å²) in [5, 5.41) is 3.01. The number of methoxy groups -OCH3 is 1. The van der Waals surface area contributed by atoms with Crippen molar-refractivity contribution in [1.29, 1.82) is 0 Å². The van der Waals surface area contributed by atoms with E-state index in [9.17, 15) is 4.79 Å². The zero-order chi connectivity index (χ0) is 18.2. The summed E-state index contributed by atoms with van der Waals surface area (Å²) in [5.74, 6) is 1.95. The van der Waals surface area contributed by atoms with Crippen LogP contribution in [0.15, 0.2) is 48.7 Å². The molecule has 138 valence electrons. The molecule has 1 aromatic carbocycles. The van der Waals surface area contributed by atoms with E-state index in [4.69, 9.17) is 4.74 Å². The van der Waals surface area contributed by atoms with Gasteiger partial charge in [-0.1, -0.05) is 24.3 Å². The summed E-state index contributed by atoms with van der Waals surface area (Å²) in [7, 11) is 1.67. The summed E-state index contributed by atoms with van der Waals surface area (Å²) in [6.07, 6.45) is 2.58. The number of benzene rings is 1. The van der Waals surface area contributed by atoms with Crippen LogP contribution in [0.25, 0.3) is 0 Å². The number of nitrogens with zero attached hydrogens (tertiary/aromatic N) is 3. The molecule has 1 aliphatic rings. The van der Waals surface area contributed by atoms with Crippen molar-refractivity contribution >= 4 is 11.7 Å². The lowest BCUT2D eigenvalue weighted by Crippen LogP contribution is -2.49. The molecular formula is C20H26N4O2. The molecule has 3 rings (SSSR count). The summed E-state index contributed by atoms with van der Waals surface area (Å²) >= 11 is 0. The Morgan fingerprint density at radius 1 is 1.12 bits per heavy atom. The van der Waals surface area contributed by atoms with Crippen molar-refractivity contribution < 1.29 is 9.53 Å². The Morgan fingerprint density at radius 3 is 2.62 bits per heavy atom. The molecule has 6 heteroatoms. The third-order valence-corrected chi connectivity index (χ3v) is 4.62. The highest BCUT2D eigenvalue weighted by molar-refractivity contribution is 5.78. The van der Waals surface area contributed by atoms with E-state index in [1.54, 1.807) is 7.11 Å². The summed E-state index contributed by atoms with van der Waals surface area (Å²) < 4.78 is 5.34. The SMILES string of the molecule is COc1ccccc1CCNC(=O)CN1CCN(c2ccccn2)CC1. The summed E-state index contributed by atoms with van der Waals surface area (Å²) in [5.41, 5.74) is 1.11. The minimum Gasteiger partial charge on any atom is -0.496 e. The number of ether oxygens (including phenoxy) is 1. The van der Waals surface area contributed by atoms with E-state index in [1.807, 2.05) is 48.7 Å². The molecule has 0 atom stereocenters. The van der Waals surface area contributed by atoms with Gasteiger partial charge >= 0.3 is 0 Å². The number of nitrogens with one attached hydrogen (secondary N) is 1. The van der Waals surface area contributed by atoms with Gasteiger partial charge in [0, 0.05) is 38.9 Å². The zero-order valence-electron chi connectivity index (χ0n) is 15.2. The van der Waals surface area contributed by atoms with E-state index in [0.29, 0.717) is 13.1 Å². The number of anilines is 1. The smallest absolute Gasteiger partial charge is 0.234 e. The van der Waals surface area contributed by atoms with Crippen LogP contribution in [0.2, 0.25) is 0 Å². The number of carbonyl (C=O) groups excluding carboxylic acids is 1. The van der Waals surface area contributed by atoms with E-state index in [0.717, 1.165) is 49.7 Å². The molecule has 1 aliphatic heterocycles. The van der Waals surface area contributed by atoms with Gasteiger partial charge in [-0.3, -0.25) is 9.69 Å². The van der Waals surface area contributed by atoms with Gasteiger partial charge in [0.05, 0.1) is 13.7 Å². The van der Waals surface area contributed by atoms with Gasteiger partial charge in [-0.25, -0.2) is 4.98 Å². The van der Waals surface area contributed by atoms with Crippen LogP contribution >= 0.6 is 0 Å². The molecule has 6 nitrogen and oxygen atoms in total. The van der Waals surface area contributed by atoms with Gasteiger partial charge in [0.15, 0.2) is 0 Å². The van der Waals surface area contributed by atoms with Gasteiger partial charge in [-0.2, -0.15) is 0 Å². The molecule has 0 saturated carbocycles. The van der Waals surface area contributed by atoms with E-state index in [-0.39, 0.29) is 5.91 Å². The van der Waals surface area contributed by atoms with Crippen LogP contribution in [0, 0.1) is 0 Å². The van der Waals surface area contributed by atoms with Crippen molar-refractivity contribution in [2.45, 2.75) is 6.42 Å². The Bertz CT molecular complexity index is 700. The third-order valence-electron chi connectivity index (χ3n) is 4.62. The lowest BCUT2D eigenvalue weighted by atomic mass is 10.1. The van der Waals surface area contributed by atoms with Gasteiger partial charge < -0.3 is 15.0 Å². The maximum Gasteiger partial charge on any atom is 0.234 e. The minimum atomic E-state index is 0.0752. The highest BCUT2D eigenvalue weighted by atomic mass is 16.5. The molecule has 0 radical (unpaired) electrons. The number of carbonyl (C=O) groups is 1. The second-order valence-corrected chi connectivity index (χ2v) is 6.36. The Morgan fingerprint density at radius 2 is 1.88 bits per heavy atom. The van der Waals surface area contributed by atoms with Crippen LogP contribution in [0.4, 0.5) is 5.82 Å². The summed E-state index contributed by atoms with van der Waals surface area (Å²) in [4.78, 5) is 21.0. The fraction of sp³-hybridized carbons (Fsp3) is 0.400. The third kappa shape index (κ3) is 4.95. The molecule has 1 amide bonds. The molecule has 2 aromatic rings. The van der Waals surface area contributed by atoms with E-state index in [2.05, 4.69) is 20.1 Å². The first-order chi connectivity index (χ1) is 12.8. The number of pyridine rings is 1. The highest BCUT2D eigenvalue weighted by Crippen LogP contribution is 2.17. The first kappa shape index (κ1) is 18.2. The van der Waals surface area contributed by atoms with E-state index >= 15 is 0 Å². The Kier molecular flexibility index (Phi) is 6.44. The second kappa shape index (κ2) is 9.20. The maximum atomic E-state index is 12.2. The molecule has 2 heterocycles. The minimum absolute atomic E-state index is 0.0752. The summed E-state index contributed by atoms with van der Waals surface area (Å²) in [6, 6.07) is 13.9. The maximum absolute atomic E-state index is 12.2. The monoisotopic (exact) mass is 354 g/mol. The van der Waals surface area contributed by atoms with Crippen LogP contribution in [0.1, 0.15) is 5.56 Å². The van der Waals surface area contributed by atoms with Crippen molar-refractivity contribution in [3.8, 4) is 5.75 Å². The number of amides is 1. The predicted molar refractivity (Wildman–Crippen MR) is 103 cm³/mol. The first-order valence-electron chi connectivity index (χ1n) is 9.03. The molecule has 1 saturated heterocycles. The fourth-order valence-corrected chi connectivity index (χ4v) is 3.18.